The molecule has 0 spiro atoms. The lowest BCUT2D eigenvalue weighted by atomic mass is 9.88. The van der Waals surface area contributed by atoms with Crippen molar-refractivity contribution in [3.05, 3.63) is 0 Å². The molecule has 0 aliphatic heterocycles. The number of rotatable bonds is 4. The Morgan fingerprint density at radius 3 is 2.69 bits per heavy atom. The van der Waals surface area contributed by atoms with E-state index >= 15 is 0 Å². The smallest absolute Gasteiger partial charge is 0.190 e. The Morgan fingerprint density at radius 2 is 2.06 bits per heavy atom. The zero-order valence-corrected chi connectivity index (χ0v) is 10.8. The largest absolute Gasteiger partial charge is 0.376 e. The van der Waals surface area contributed by atoms with Crippen LogP contribution in [-0.2, 0) is 4.74 Å². The highest BCUT2D eigenvalue weighted by Crippen LogP contribution is 2.25. The number of nitrogens with two attached hydrogens (primary N) is 1. The summed E-state index contributed by atoms with van der Waals surface area (Å²) in [6.07, 6.45) is 5.59. The van der Waals surface area contributed by atoms with Gasteiger partial charge >= 0.3 is 0 Å². The zero-order chi connectivity index (χ0) is 12.0. The molecule has 0 bridgehead atoms. The quantitative estimate of drug-likeness (QED) is 0.449. The van der Waals surface area contributed by atoms with E-state index in [1.54, 1.807) is 0 Å². The predicted octanol–water partition coefficient (Wildman–Crippen LogP) is 1.46. The van der Waals surface area contributed by atoms with Crippen molar-refractivity contribution in [3.63, 3.8) is 0 Å². The van der Waals surface area contributed by atoms with Crippen LogP contribution in [0.3, 0.4) is 0 Å². The molecule has 1 aliphatic rings. The van der Waals surface area contributed by atoms with Gasteiger partial charge in [0.15, 0.2) is 5.96 Å². The molecule has 2 atom stereocenters. The first kappa shape index (κ1) is 13.3. The minimum absolute atomic E-state index is 0.435. The SMILES string of the molecule is C[C@@H]1CCCC[C@@H]1OCCN=C(N)N(C)C. The Hall–Kier alpha value is -0.770. The Kier molecular flexibility index (Phi) is 5.60. The third kappa shape index (κ3) is 4.39. The third-order valence-corrected chi connectivity index (χ3v) is 3.19. The molecule has 2 N–H and O–H groups in total. The molecule has 4 nitrogen and oxygen atoms in total. The molecule has 1 saturated carbocycles. The van der Waals surface area contributed by atoms with Crippen LogP contribution in [0.25, 0.3) is 0 Å². The van der Waals surface area contributed by atoms with Crippen LogP contribution in [-0.4, -0.2) is 44.2 Å². The Balaban J connectivity index is 2.17. The van der Waals surface area contributed by atoms with Crippen LogP contribution in [0.1, 0.15) is 32.6 Å². The predicted molar refractivity (Wildman–Crippen MR) is 67.5 cm³/mol. The second kappa shape index (κ2) is 6.74. The molecule has 0 radical (unpaired) electrons. The lowest BCUT2D eigenvalue weighted by Crippen LogP contribution is -2.31. The molecule has 0 unspecified atom stereocenters. The van der Waals surface area contributed by atoms with Gasteiger partial charge in [-0.05, 0) is 18.8 Å². The summed E-state index contributed by atoms with van der Waals surface area (Å²) in [5.41, 5.74) is 5.68. The molecule has 1 rings (SSSR count). The van der Waals surface area contributed by atoms with E-state index in [0.717, 1.165) is 0 Å². The van der Waals surface area contributed by atoms with E-state index in [1.807, 2.05) is 19.0 Å². The minimum atomic E-state index is 0.435. The third-order valence-electron chi connectivity index (χ3n) is 3.19. The van der Waals surface area contributed by atoms with Gasteiger partial charge in [0, 0.05) is 14.1 Å². The summed E-state index contributed by atoms with van der Waals surface area (Å²) in [4.78, 5) is 6.04. The van der Waals surface area contributed by atoms with E-state index in [2.05, 4.69) is 11.9 Å². The number of guanidine groups is 1. The maximum atomic E-state index is 5.84. The molecular weight excluding hydrogens is 202 g/mol. The van der Waals surface area contributed by atoms with Crippen molar-refractivity contribution in [1.82, 2.24) is 4.90 Å². The van der Waals surface area contributed by atoms with E-state index in [0.29, 0.717) is 31.1 Å². The van der Waals surface area contributed by atoms with Crippen LogP contribution in [0.4, 0.5) is 0 Å². The summed E-state index contributed by atoms with van der Waals surface area (Å²) in [5.74, 6) is 1.27. The molecule has 0 amide bonds. The molecule has 1 aliphatic carbocycles. The summed E-state index contributed by atoms with van der Waals surface area (Å²) < 4.78 is 5.84. The molecule has 1 fully saturated rings. The second-order valence-electron chi connectivity index (χ2n) is 4.81. The van der Waals surface area contributed by atoms with Crippen molar-refractivity contribution in [2.24, 2.45) is 16.6 Å². The standard InChI is InChI=1S/C12H25N3O/c1-10-6-4-5-7-11(10)16-9-8-14-12(13)15(2)3/h10-11H,4-9H2,1-3H3,(H2,13,14)/t10-,11+/m1/s1. The van der Waals surface area contributed by atoms with Crippen LogP contribution >= 0.6 is 0 Å². The Morgan fingerprint density at radius 1 is 1.38 bits per heavy atom. The molecule has 0 heterocycles. The lowest BCUT2D eigenvalue weighted by Gasteiger charge is -2.28. The fourth-order valence-corrected chi connectivity index (χ4v) is 2.04. The molecule has 0 aromatic carbocycles. The van der Waals surface area contributed by atoms with Crippen molar-refractivity contribution >= 4 is 5.96 Å². The first-order valence-corrected chi connectivity index (χ1v) is 6.20. The van der Waals surface area contributed by atoms with Crippen LogP contribution < -0.4 is 5.73 Å². The van der Waals surface area contributed by atoms with Gasteiger partial charge in [0.25, 0.3) is 0 Å². The highest BCUT2D eigenvalue weighted by atomic mass is 16.5. The fraction of sp³-hybridized carbons (Fsp3) is 0.917. The monoisotopic (exact) mass is 227 g/mol. The van der Waals surface area contributed by atoms with Gasteiger partial charge < -0.3 is 15.4 Å². The maximum absolute atomic E-state index is 5.84. The first-order valence-electron chi connectivity index (χ1n) is 6.20. The fourth-order valence-electron chi connectivity index (χ4n) is 2.04. The van der Waals surface area contributed by atoms with E-state index in [4.69, 9.17) is 10.5 Å². The average Bonchev–Trinajstić information content (AvgIpc) is 2.26. The van der Waals surface area contributed by atoms with Gasteiger partial charge in [-0.3, -0.25) is 4.99 Å². The van der Waals surface area contributed by atoms with Gasteiger partial charge in [-0.25, -0.2) is 0 Å². The van der Waals surface area contributed by atoms with Gasteiger partial charge in [0.1, 0.15) is 0 Å². The van der Waals surface area contributed by atoms with E-state index < -0.39 is 0 Å². The van der Waals surface area contributed by atoms with E-state index in [9.17, 15) is 0 Å². The zero-order valence-electron chi connectivity index (χ0n) is 10.8. The van der Waals surface area contributed by atoms with Crippen LogP contribution in [0, 0.1) is 5.92 Å². The summed E-state index contributed by atoms with van der Waals surface area (Å²) in [7, 11) is 3.78. The number of hydrogen-bond acceptors (Lipinski definition) is 2. The molecule has 94 valence electrons. The van der Waals surface area contributed by atoms with Crippen molar-refractivity contribution < 1.29 is 4.74 Å². The normalized spacial score (nSPS) is 26.8. The highest BCUT2D eigenvalue weighted by Gasteiger charge is 2.21. The van der Waals surface area contributed by atoms with Gasteiger partial charge in [0.2, 0.25) is 0 Å². The average molecular weight is 227 g/mol. The first-order chi connectivity index (χ1) is 7.61. The van der Waals surface area contributed by atoms with Crippen LogP contribution in [0.15, 0.2) is 4.99 Å². The van der Waals surface area contributed by atoms with Crippen molar-refractivity contribution in [2.75, 3.05) is 27.2 Å². The Labute approximate surface area is 98.9 Å². The minimum Gasteiger partial charge on any atom is -0.376 e. The molecule has 0 aromatic heterocycles. The molecule has 0 saturated heterocycles. The van der Waals surface area contributed by atoms with Crippen LogP contribution in [0.2, 0.25) is 0 Å². The maximum Gasteiger partial charge on any atom is 0.190 e. The molecule has 16 heavy (non-hydrogen) atoms. The lowest BCUT2D eigenvalue weighted by molar-refractivity contribution is -0.000686. The topological polar surface area (TPSA) is 50.9 Å². The number of nitrogens with zero attached hydrogens (tertiary/aromatic N) is 2. The van der Waals surface area contributed by atoms with Gasteiger partial charge in [-0.2, -0.15) is 0 Å². The summed E-state index contributed by atoms with van der Waals surface area (Å²) in [6.45, 7) is 3.62. The Bertz CT molecular complexity index is 228. The van der Waals surface area contributed by atoms with Crippen molar-refractivity contribution in [3.8, 4) is 0 Å². The van der Waals surface area contributed by atoms with E-state index in [1.165, 1.54) is 25.7 Å². The van der Waals surface area contributed by atoms with Crippen LogP contribution in [0.5, 0.6) is 0 Å². The number of hydrogen-bond donors (Lipinski definition) is 1. The van der Waals surface area contributed by atoms with Gasteiger partial charge in [-0.1, -0.05) is 19.8 Å². The molecule has 4 heteroatoms. The van der Waals surface area contributed by atoms with Crippen molar-refractivity contribution in [2.45, 2.75) is 38.7 Å². The highest BCUT2D eigenvalue weighted by molar-refractivity contribution is 5.77. The van der Waals surface area contributed by atoms with Gasteiger partial charge in [0.05, 0.1) is 19.3 Å². The summed E-state index contributed by atoms with van der Waals surface area (Å²) >= 11 is 0. The number of aliphatic imine (C=N–C) groups is 1. The summed E-state index contributed by atoms with van der Waals surface area (Å²) in [5, 5.41) is 0. The van der Waals surface area contributed by atoms with E-state index in [-0.39, 0.29) is 0 Å². The molecule has 0 aromatic rings. The second-order valence-corrected chi connectivity index (χ2v) is 4.81. The summed E-state index contributed by atoms with van der Waals surface area (Å²) in [6, 6.07) is 0. The van der Waals surface area contributed by atoms with Gasteiger partial charge in [-0.15, -0.1) is 0 Å². The number of ether oxygens (including phenoxy) is 1. The molecular formula is C12H25N3O. The van der Waals surface area contributed by atoms with Crippen molar-refractivity contribution in [1.29, 1.82) is 0 Å².